The molecule has 112 valence electrons. The minimum Gasteiger partial charge on any atom is -0.306 e. The number of nitrogens with zero attached hydrogens (tertiary/aromatic N) is 3. The summed E-state index contributed by atoms with van der Waals surface area (Å²) in [6.45, 7) is 0. The predicted molar refractivity (Wildman–Crippen MR) is 91.1 cm³/mol. The van der Waals surface area contributed by atoms with Gasteiger partial charge >= 0.3 is 0 Å². The zero-order chi connectivity index (χ0) is 15.6. The number of nitrogens with one attached hydrogen (secondary N) is 1. The molecule has 2 aromatic heterocycles. The maximum Gasteiger partial charge on any atom is 0.257 e. The third kappa shape index (κ3) is 2.72. The smallest absolute Gasteiger partial charge is 0.257 e. The van der Waals surface area contributed by atoms with Crippen LogP contribution in [0.2, 0.25) is 0 Å². The van der Waals surface area contributed by atoms with Crippen molar-refractivity contribution in [3.8, 4) is 5.69 Å². The van der Waals surface area contributed by atoms with E-state index in [-0.39, 0.29) is 5.91 Å². The third-order valence-corrected chi connectivity index (χ3v) is 4.40. The standard InChI is InChI=1S/C17H12N4OS/c22-16(20-17-19-14-3-1-2-4-15(14)23-17)12-5-7-13(8-6-12)21-10-9-18-11-21/h1-11H,(H,19,20,22). The number of para-hydroxylation sites is 1. The lowest BCUT2D eigenvalue weighted by atomic mass is 10.2. The molecule has 0 unspecified atom stereocenters. The fourth-order valence-corrected chi connectivity index (χ4v) is 3.15. The molecule has 0 radical (unpaired) electrons. The van der Waals surface area contributed by atoms with E-state index in [9.17, 15) is 4.79 Å². The van der Waals surface area contributed by atoms with E-state index in [1.807, 2.05) is 47.2 Å². The highest BCUT2D eigenvalue weighted by molar-refractivity contribution is 7.22. The minimum absolute atomic E-state index is 0.166. The van der Waals surface area contributed by atoms with Gasteiger partial charge in [-0.15, -0.1) is 0 Å². The number of imidazole rings is 1. The summed E-state index contributed by atoms with van der Waals surface area (Å²) >= 11 is 1.47. The number of amides is 1. The first kappa shape index (κ1) is 13.7. The molecule has 5 nitrogen and oxygen atoms in total. The Bertz CT molecular complexity index is 925. The molecule has 0 aliphatic rings. The lowest BCUT2D eigenvalue weighted by Crippen LogP contribution is -2.11. The number of anilines is 1. The molecule has 1 N–H and O–H groups in total. The van der Waals surface area contributed by atoms with Gasteiger partial charge in [-0.05, 0) is 36.4 Å². The van der Waals surface area contributed by atoms with E-state index in [4.69, 9.17) is 0 Å². The van der Waals surface area contributed by atoms with E-state index < -0.39 is 0 Å². The van der Waals surface area contributed by atoms with Crippen LogP contribution in [0.5, 0.6) is 0 Å². The topological polar surface area (TPSA) is 59.8 Å². The van der Waals surface area contributed by atoms with E-state index in [1.165, 1.54) is 11.3 Å². The zero-order valence-electron chi connectivity index (χ0n) is 12.0. The molecule has 4 aromatic rings. The summed E-state index contributed by atoms with van der Waals surface area (Å²) in [5.41, 5.74) is 2.44. The maximum atomic E-state index is 12.3. The number of fused-ring (bicyclic) bond motifs is 1. The lowest BCUT2D eigenvalue weighted by Gasteiger charge is -2.04. The molecule has 23 heavy (non-hydrogen) atoms. The summed E-state index contributed by atoms with van der Waals surface area (Å²) < 4.78 is 2.94. The fourth-order valence-electron chi connectivity index (χ4n) is 2.29. The molecule has 0 spiro atoms. The zero-order valence-corrected chi connectivity index (χ0v) is 12.8. The van der Waals surface area contributed by atoms with Gasteiger partial charge in [-0.3, -0.25) is 10.1 Å². The second-order valence-electron chi connectivity index (χ2n) is 4.96. The number of aromatic nitrogens is 3. The van der Waals surface area contributed by atoms with Gasteiger partial charge in [0.25, 0.3) is 5.91 Å². The van der Waals surface area contributed by atoms with Crippen LogP contribution in [0.4, 0.5) is 5.13 Å². The molecule has 0 aliphatic carbocycles. The summed E-state index contributed by atoms with van der Waals surface area (Å²) in [5.74, 6) is -0.166. The molecule has 0 saturated carbocycles. The van der Waals surface area contributed by atoms with Gasteiger partial charge in [0.1, 0.15) is 0 Å². The van der Waals surface area contributed by atoms with Gasteiger partial charge in [-0.1, -0.05) is 23.5 Å². The van der Waals surface area contributed by atoms with E-state index in [2.05, 4.69) is 15.3 Å². The van der Waals surface area contributed by atoms with Crippen LogP contribution in [0.3, 0.4) is 0 Å². The van der Waals surface area contributed by atoms with Crippen LogP contribution in [0, 0.1) is 0 Å². The number of carbonyl (C=O) groups excluding carboxylic acids is 1. The Kier molecular flexibility index (Phi) is 3.36. The number of carbonyl (C=O) groups is 1. The molecule has 4 rings (SSSR count). The van der Waals surface area contributed by atoms with Crippen molar-refractivity contribution in [3.63, 3.8) is 0 Å². The Balaban J connectivity index is 1.54. The summed E-state index contributed by atoms with van der Waals surface area (Å²) in [6.07, 6.45) is 5.29. The summed E-state index contributed by atoms with van der Waals surface area (Å²) in [6, 6.07) is 15.2. The fraction of sp³-hybridized carbons (Fsp3) is 0. The van der Waals surface area contributed by atoms with Gasteiger partial charge in [0.05, 0.1) is 16.5 Å². The first-order chi connectivity index (χ1) is 11.3. The largest absolute Gasteiger partial charge is 0.306 e. The molecule has 6 heteroatoms. The van der Waals surface area contributed by atoms with Crippen LogP contribution >= 0.6 is 11.3 Å². The van der Waals surface area contributed by atoms with Crippen molar-refractivity contribution < 1.29 is 4.79 Å². The van der Waals surface area contributed by atoms with Crippen molar-refractivity contribution in [2.75, 3.05) is 5.32 Å². The molecular weight excluding hydrogens is 308 g/mol. The van der Waals surface area contributed by atoms with Gasteiger partial charge in [-0.2, -0.15) is 0 Å². The summed E-state index contributed by atoms with van der Waals surface area (Å²) in [4.78, 5) is 20.7. The second-order valence-corrected chi connectivity index (χ2v) is 5.99. The molecule has 0 bridgehead atoms. The van der Waals surface area contributed by atoms with Gasteiger partial charge in [0, 0.05) is 23.6 Å². The van der Waals surface area contributed by atoms with Gasteiger partial charge < -0.3 is 4.57 Å². The SMILES string of the molecule is O=C(Nc1nc2ccccc2s1)c1ccc(-n2ccnc2)cc1. The van der Waals surface area contributed by atoms with Gasteiger partial charge in [0.2, 0.25) is 0 Å². The minimum atomic E-state index is -0.166. The summed E-state index contributed by atoms with van der Waals surface area (Å²) in [5, 5.41) is 3.46. The number of benzene rings is 2. The van der Waals surface area contributed by atoms with Crippen LogP contribution in [-0.4, -0.2) is 20.4 Å². The van der Waals surface area contributed by atoms with Crippen molar-refractivity contribution in [2.24, 2.45) is 0 Å². The third-order valence-electron chi connectivity index (χ3n) is 3.45. The van der Waals surface area contributed by atoms with Crippen LogP contribution in [0.25, 0.3) is 15.9 Å². The predicted octanol–water partition coefficient (Wildman–Crippen LogP) is 3.73. The summed E-state index contributed by atoms with van der Waals surface area (Å²) in [7, 11) is 0. The highest BCUT2D eigenvalue weighted by Gasteiger charge is 2.10. The van der Waals surface area contributed by atoms with Crippen molar-refractivity contribution in [2.45, 2.75) is 0 Å². The molecule has 0 atom stereocenters. The second kappa shape index (κ2) is 5.66. The molecule has 0 fully saturated rings. The molecule has 1 amide bonds. The van der Waals surface area contributed by atoms with E-state index in [0.29, 0.717) is 10.7 Å². The number of thiazole rings is 1. The number of rotatable bonds is 3. The highest BCUT2D eigenvalue weighted by Crippen LogP contribution is 2.25. The van der Waals surface area contributed by atoms with E-state index in [1.54, 1.807) is 24.7 Å². The molecule has 2 heterocycles. The highest BCUT2D eigenvalue weighted by atomic mass is 32.1. The Morgan fingerprint density at radius 3 is 2.65 bits per heavy atom. The molecule has 0 saturated heterocycles. The van der Waals surface area contributed by atoms with E-state index in [0.717, 1.165) is 15.9 Å². The quantitative estimate of drug-likeness (QED) is 0.625. The molecular formula is C17H12N4OS. The Hall–Kier alpha value is -2.99. The molecule has 0 aliphatic heterocycles. The number of hydrogen-bond acceptors (Lipinski definition) is 4. The Labute approximate surface area is 136 Å². The maximum absolute atomic E-state index is 12.3. The Morgan fingerprint density at radius 1 is 1.09 bits per heavy atom. The van der Waals surface area contributed by atoms with Crippen LogP contribution in [-0.2, 0) is 0 Å². The first-order valence-corrected chi connectivity index (χ1v) is 7.86. The van der Waals surface area contributed by atoms with Crippen molar-refractivity contribution in [3.05, 3.63) is 72.8 Å². The average molecular weight is 320 g/mol. The first-order valence-electron chi connectivity index (χ1n) is 7.05. The van der Waals surface area contributed by atoms with Crippen LogP contribution in [0.1, 0.15) is 10.4 Å². The monoisotopic (exact) mass is 320 g/mol. The molecule has 2 aromatic carbocycles. The van der Waals surface area contributed by atoms with E-state index >= 15 is 0 Å². The lowest BCUT2D eigenvalue weighted by molar-refractivity contribution is 0.102. The van der Waals surface area contributed by atoms with Crippen LogP contribution in [0.15, 0.2) is 67.3 Å². The number of hydrogen-bond donors (Lipinski definition) is 1. The van der Waals surface area contributed by atoms with Gasteiger partial charge in [-0.25, -0.2) is 9.97 Å². The average Bonchev–Trinajstić information content (AvgIpc) is 3.24. The van der Waals surface area contributed by atoms with Crippen molar-refractivity contribution in [1.82, 2.24) is 14.5 Å². The van der Waals surface area contributed by atoms with Gasteiger partial charge in [0.15, 0.2) is 5.13 Å². The van der Waals surface area contributed by atoms with Crippen molar-refractivity contribution >= 4 is 32.6 Å². The normalized spacial score (nSPS) is 10.8. The van der Waals surface area contributed by atoms with Crippen LogP contribution < -0.4 is 5.32 Å². The Morgan fingerprint density at radius 2 is 1.91 bits per heavy atom. The van der Waals surface area contributed by atoms with Crippen molar-refractivity contribution in [1.29, 1.82) is 0 Å².